The summed E-state index contributed by atoms with van der Waals surface area (Å²) in [5.74, 6) is 2.84. The molecule has 0 radical (unpaired) electrons. The Morgan fingerprint density at radius 3 is 2.60 bits per heavy atom. The number of ether oxygens (including phenoxy) is 2. The van der Waals surface area contributed by atoms with E-state index in [9.17, 15) is 0 Å². The number of hydrogen-bond acceptors (Lipinski definition) is 6. The Labute approximate surface area is 211 Å². The number of aromatic nitrogens is 1. The Hall–Kier alpha value is -3.09. The predicted molar refractivity (Wildman–Crippen MR) is 141 cm³/mol. The molecule has 3 heterocycles. The number of thiophene rings is 1. The first-order chi connectivity index (χ1) is 17.0. The Morgan fingerprint density at radius 2 is 1.89 bits per heavy atom. The van der Waals surface area contributed by atoms with Crippen LogP contribution in [0.4, 0.5) is 0 Å². The molecule has 0 spiro atoms. The van der Waals surface area contributed by atoms with Gasteiger partial charge in [-0.2, -0.15) is 0 Å². The topological polar surface area (TPSA) is 47.7 Å². The zero-order valence-electron chi connectivity index (χ0n) is 21.1. The second-order valence-corrected chi connectivity index (χ2v) is 10.2. The number of benzene rings is 2. The van der Waals surface area contributed by atoms with Crippen molar-refractivity contribution >= 4 is 11.3 Å². The van der Waals surface area contributed by atoms with Gasteiger partial charge in [0.25, 0.3) is 0 Å². The van der Waals surface area contributed by atoms with Crippen LogP contribution in [0, 0.1) is 13.8 Å². The molecule has 6 heteroatoms. The number of methoxy groups -OCH3 is 2. The first-order valence-corrected chi connectivity index (χ1v) is 12.9. The molecular weight excluding hydrogens is 456 g/mol. The van der Waals surface area contributed by atoms with Crippen LogP contribution in [0.15, 0.2) is 52.9 Å². The van der Waals surface area contributed by atoms with E-state index in [-0.39, 0.29) is 6.04 Å². The van der Waals surface area contributed by atoms with Gasteiger partial charge < -0.3 is 13.9 Å². The highest BCUT2D eigenvalue weighted by Crippen LogP contribution is 2.43. The lowest BCUT2D eigenvalue weighted by Gasteiger charge is -2.36. The average molecular weight is 489 g/mol. The molecule has 0 bridgehead atoms. The molecule has 4 aromatic rings. The van der Waals surface area contributed by atoms with Gasteiger partial charge in [-0.15, -0.1) is 11.3 Å². The van der Waals surface area contributed by atoms with Gasteiger partial charge in [-0.25, -0.2) is 4.98 Å². The van der Waals surface area contributed by atoms with E-state index >= 15 is 0 Å². The van der Waals surface area contributed by atoms with Crippen LogP contribution in [-0.2, 0) is 19.4 Å². The Bertz CT molecular complexity index is 1330. The van der Waals surface area contributed by atoms with Gasteiger partial charge in [-0.3, -0.25) is 4.90 Å². The predicted octanol–water partition coefficient (Wildman–Crippen LogP) is 6.75. The summed E-state index contributed by atoms with van der Waals surface area (Å²) < 4.78 is 17.1. The summed E-state index contributed by atoms with van der Waals surface area (Å²) in [7, 11) is 3.30. The van der Waals surface area contributed by atoms with E-state index in [0.717, 1.165) is 48.7 Å². The van der Waals surface area contributed by atoms with Crippen LogP contribution in [0.2, 0.25) is 0 Å². The normalized spacial score (nSPS) is 15.7. The van der Waals surface area contributed by atoms with Crippen LogP contribution in [0.25, 0.3) is 11.5 Å². The van der Waals surface area contributed by atoms with Gasteiger partial charge in [0.1, 0.15) is 17.3 Å². The van der Waals surface area contributed by atoms with E-state index in [1.165, 1.54) is 20.9 Å². The zero-order valence-corrected chi connectivity index (χ0v) is 21.9. The maximum Gasteiger partial charge on any atom is 0.230 e. The lowest BCUT2D eigenvalue weighted by atomic mass is 9.91. The minimum absolute atomic E-state index is 0.221. The van der Waals surface area contributed by atoms with E-state index in [1.54, 1.807) is 19.8 Å². The number of nitrogens with zero attached hydrogens (tertiary/aromatic N) is 2. The molecule has 182 valence electrons. The second kappa shape index (κ2) is 9.88. The second-order valence-electron chi connectivity index (χ2n) is 8.95. The molecule has 0 fully saturated rings. The fourth-order valence-electron chi connectivity index (χ4n) is 5.18. The third kappa shape index (κ3) is 4.37. The van der Waals surface area contributed by atoms with Crippen molar-refractivity contribution < 1.29 is 13.9 Å². The molecule has 5 rings (SSSR count). The van der Waals surface area contributed by atoms with Crippen LogP contribution in [0.1, 0.15) is 50.9 Å². The maximum atomic E-state index is 6.15. The lowest BCUT2D eigenvalue weighted by Crippen LogP contribution is -2.35. The highest BCUT2D eigenvalue weighted by molar-refractivity contribution is 7.12. The molecule has 2 aromatic carbocycles. The summed E-state index contributed by atoms with van der Waals surface area (Å²) in [6, 6.07) is 16.8. The molecule has 0 saturated carbocycles. The number of aryl methyl sites for hydroxylation is 2. The first kappa shape index (κ1) is 23.6. The summed E-state index contributed by atoms with van der Waals surface area (Å²) in [4.78, 5) is 10.4. The van der Waals surface area contributed by atoms with Gasteiger partial charge in [-0.1, -0.05) is 37.3 Å². The molecule has 0 N–H and O–H groups in total. The molecule has 5 nitrogen and oxygen atoms in total. The Morgan fingerprint density at radius 1 is 1.09 bits per heavy atom. The highest BCUT2D eigenvalue weighted by Gasteiger charge is 2.33. The monoisotopic (exact) mass is 488 g/mol. The molecule has 1 aliphatic heterocycles. The van der Waals surface area contributed by atoms with Crippen molar-refractivity contribution in [2.24, 2.45) is 0 Å². The molecule has 1 atom stereocenters. The van der Waals surface area contributed by atoms with Gasteiger partial charge >= 0.3 is 0 Å². The largest absolute Gasteiger partial charge is 0.497 e. The molecule has 0 saturated heterocycles. The van der Waals surface area contributed by atoms with Crippen LogP contribution in [0.5, 0.6) is 11.5 Å². The van der Waals surface area contributed by atoms with Crippen molar-refractivity contribution in [3.8, 4) is 23.0 Å². The number of rotatable bonds is 7. The van der Waals surface area contributed by atoms with Crippen molar-refractivity contribution in [3.63, 3.8) is 0 Å². The molecule has 0 amide bonds. The van der Waals surface area contributed by atoms with Crippen LogP contribution in [0.3, 0.4) is 0 Å². The van der Waals surface area contributed by atoms with Crippen molar-refractivity contribution in [2.45, 2.75) is 46.2 Å². The molecule has 0 unspecified atom stereocenters. The maximum absolute atomic E-state index is 6.15. The molecule has 2 aromatic heterocycles. The van der Waals surface area contributed by atoms with E-state index in [4.69, 9.17) is 18.9 Å². The van der Waals surface area contributed by atoms with Crippen molar-refractivity contribution in [1.29, 1.82) is 0 Å². The fourth-order valence-corrected chi connectivity index (χ4v) is 6.65. The number of fused-ring (bicyclic) bond motifs is 1. The lowest BCUT2D eigenvalue weighted by molar-refractivity contribution is 0.204. The summed E-state index contributed by atoms with van der Waals surface area (Å²) in [6.45, 7) is 8.26. The molecule has 1 aliphatic rings. The van der Waals surface area contributed by atoms with Crippen LogP contribution < -0.4 is 9.47 Å². The van der Waals surface area contributed by atoms with Crippen LogP contribution >= 0.6 is 11.3 Å². The van der Waals surface area contributed by atoms with E-state index in [2.05, 4.69) is 49.1 Å². The minimum Gasteiger partial charge on any atom is -0.497 e. The quantitative estimate of drug-likeness (QED) is 0.288. The third-order valence-electron chi connectivity index (χ3n) is 6.97. The van der Waals surface area contributed by atoms with Gasteiger partial charge in [0.2, 0.25) is 5.89 Å². The van der Waals surface area contributed by atoms with Crippen molar-refractivity contribution in [1.82, 2.24) is 9.88 Å². The average Bonchev–Trinajstić information content (AvgIpc) is 3.41. The highest BCUT2D eigenvalue weighted by atomic mass is 32.1. The molecule has 35 heavy (non-hydrogen) atoms. The molecule has 0 aliphatic carbocycles. The zero-order chi connectivity index (χ0) is 24.5. The first-order valence-electron chi connectivity index (χ1n) is 12.1. The summed E-state index contributed by atoms with van der Waals surface area (Å²) in [5.41, 5.74) is 6.21. The summed E-state index contributed by atoms with van der Waals surface area (Å²) >= 11 is 1.96. The van der Waals surface area contributed by atoms with E-state index in [1.807, 2.05) is 36.5 Å². The van der Waals surface area contributed by atoms with Gasteiger partial charge in [-0.05, 0) is 55.5 Å². The van der Waals surface area contributed by atoms with Crippen molar-refractivity contribution in [2.75, 3.05) is 20.8 Å². The van der Waals surface area contributed by atoms with E-state index in [0.29, 0.717) is 11.6 Å². The van der Waals surface area contributed by atoms with E-state index < -0.39 is 0 Å². The van der Waals surface area contributed by atoms with Crippen molar-refractivity contribution in [3.05, 3.63) is 86.4 Å². The SMILES string of the molecule is CCc1c(C)sc2c1CCN(Cc1nc(-c3ccc(OC)cc3OC)oc1C)[C@H]2c1ccccc1. The summed E-state index contributed by atoms with van der Waals surface area (Å²) in [6.07, 6.45) is 2.16. The van der Waals surface area contributed by atoms with Gasteiger partial charge in [0, 0.05) is 28.9 Å². The summed E-state index contributed by atoms with van der Waals surface area (Å²) in [5, 5.41) is 0. The Balaban J connectivity index is 1.51. The standard InChI is InChI=1S/C29H32N2O3S/c1-6-22-19(3)35-28-23(22)14-15-31(27(28)20-10-8-7-9-11-20)17-25-18(2)34-29(30-25)24-13-12-21(32-4)16-26(24)33-5/h7-13,16,27H,6,14-15,17H2,1-5H3/t27-/m0/s1. The number of oxazole rings is 1. The third-order valence-corrected chi connectivity index (χ3v) is 8.21. The van der Waals surface area contributed by atoms with Gasteiger partial charge in [0.15, 0.2) is 0 Å². The smallest absolute Gasteiger partial charge is 0.230 e. The molecular formula is C29H32N2O3S. The van der Waals surface area contributed by atoms with Gasteiger partial charge in [0.05, 0.1) is 31.5 Å². The van der Waals surface area contributed by atoms with Crippen LogP contribution in [-0.4, -0.2) is 30.6 Å². The fraction of sp³-hybridized carbons (Fsp3) is 0.345. The minimum atomic E-state index is 0.221. The number of hydrogen-bond donors (Lipinski definition) is 0. The Kier molecular flexibility index (Phi) is 6.67.